The number of fused-ring (bicyclic) bond motifs is 1. The number of hydrogen-bond acceptors (Lipinski definition) is 7. The van der Waals surface area contributed by atoms with Gasteiger partial charge in [0.1, 0.15) is 16.7 Å². The molecule has 3 heterocycles. The Hall–Kier alpha value is -2.12. The molecule has 8 heteroatoms. The number of hydrogen-bond donors (Lipinski definition) is 2. The highest BCUT2D eigenvalue weighted by molar-refractivity contribution is 6.30. The van der Waals surface area contributed by atoms with Crippen molar-refractivity contribution in [1.82, 2.24) is 15.0 Å². The van der Waals surface area contributed by atoms with E-state index in [1.165, 1.54) is 0 Å². The summed E-state index contributed by atoms with van der Waals surface area (Å²) in [7, 11) is 1.68. The van der Waals surface area contributed by atoms with Gasteiger partial charge in [-0.15, -0.1) is 0 Å². The van der Waals surface area contributed by atoms with Crippen LogP contribution in [-0.2, 0) is 6.54 Å². The van der Waals surface area contributed by atoms with E-state index < -0.39 is 0 Å². The molecule has 0 aromatic carbocycles. The topological polar surface area (TPSA) is 97.4 Å². The van der Waals surface area contributed by atoms with E-state index in [0.717, 1.165) is 28.1 Å². The summed E-state index contributed by atoms with van der Waals surface area (Å²) in [6, 6.07) is 0. The van der Waals surface area contributed by atoms with Crippen molar-refractivity contribution in [2.24, 2.45) is 0 Å². The molecule has 3 N–H and O–H groups in total. The fourth-order valence-electron chi connectivity index (χ4n) is 3.44. The van der Waals surface area contributed by atoms with Crippen molar-refractivity contribution < 1.29 is 9.84 Å². The summed E-state index contributed by atoms with van der Waals surface area (Å²) < 4.78 is 5.63. The number of nitrogen functional groups attached to an aromatic ring is 1. The molecular formula is C18H24ClN5O2. The molecule has 0 saturated heterocycles. The maximum Gasteiger partial charge on any atom is 0.223 e. The largest absolute Gasteiger partial charge is 0.496 e. The fourth-order valence-corrected chi connectivity index (χ4v) is 3.77. The van der Waals surface area contributed by atoms with E-state index >= 15 is 0 Å². The summed E-state index contributed by atoms with van der Waals surface area (Å²) in [6.07, 6.45) is 1.87. The van der Waals surface area contributed by atoms with Crippen LogP contribution >= 0.6 is 11.6 Å². The molecule has 0 saturated carbocycles. The SMILES string of the molecule is COc1c(C(C)C)cnc(CN2CC(CO)c3c(Cl)nc(N)nc32)c1C. The minimum absolute atomic E-state index is 0.0292. The van der Waals surface area contributed by atoms with E-state index in [2.05, 4.69) is 28.8 Å². The van der Waals surface area contributed by atoms with Gasteiger partial charge in [0, 0.05) is 35.3 Å². The molecule has 140 valence electrons. The van der Waals surface area contributed by atoms with Gasteiger partial charge in [0.25, 0.3) is 0 Å². The molecule has 0 spiro atoms. The van der Waals surface area contributed by atoms with Crippen LogP contribution in [0.5, 0.6) is 5.75 Å². The zero-order chi connectivity index (χ0) is 19.0. The highest BCUT2D eigenvalue weighted by Crippen LogP contribution is 2.40. The minimum atomic E-state index is -0.143. The Balaban J connectivity index is 1.99. The molecule has 2 aromatic rings. The van der Waals surface area contributed by atoms with Crippen LogP contribution < -0.4 is 15.4 Å². The number of nitrogens with two attached hydrogens (primary N) is 1. The average Bonchev–Trinajstić information content (AvgIpc) is 2.94. The standard InChI is InChI=1S/C18H24ClN5O2/c1-9(2)12-5-21-13(10(3)15(12)26-4)7-24-6-11(8-25)14-16(19)22-18(20)23-17(14)24/h5,9,11,25H,6-8H2,1-4H3,(H2,20,22,23). The molecule has 0 radical (unpaired) electrons. The van der Waals surface area contributed by atoms with E-state index in [1.807, 2.05) is 18.0 Å². The van der Waals surface area contributed by atoms with Crippen LogP contribution in [0.4, 0.5) is 11.8 Å². The quantitative estimate of drug-likeness (QED) is 0.773. The summed E-state index contributed by atoms with van der Waals surface area (Å²) in [4.78, 5) is 15.0. The molecule has 1 aliphatic heterocycles. The van der Waals surface area contributed by atoms with E-state index in [1.54, 1.807) is 7.11 Å². The summed E-state index contributed by atoms with van der Waals surface area (Å²) in [5.41, 5.74) is 9.49. The van der Waals surface area contributed by atoms with Crippen molar-refractivity contribution in [3.63, 3.8) is 0 Å². The maximum atomic E-state index is 9.72. The number of anilines is 2. The van der Waals surface area contributed by atoms with E-state index in [9.17, 15) is 5.11 Å². The molecule has 1 aliphatic rings. The lowest BCUT2D eigenvalue weighted by Crippen LogP contribution is -2.24. The molecule has 2 aromatic heterocycles. The first kappa shape index (κ1) is 18.7. The number of methoxy groups -OCH3 is 1. The Morgan fingerprint density at radius 3 is 2.77 bits per heavy atom. The lowest BCUT2D eigenvalue weighted by atomic mass is 10.0. The summed E-state index contributed by atoms with van der Waals surface area (Å²) >= 11 is 6.25. The van der Waals surface area contributed by atoms with Crippen molar-refractivity contribution in [2.75, 3.05) is 30.9 Å². The van der Waals surface area contributed by atoms with Crippen LogP contribution in [0.2, 0.25) is 5.15 Å². The molecule has 26 heavy (non-hydrogen) atoms. The third-order valence-corrected chi connectivity index (χ3v) is 5.12. The number of aliphatic hydroxyl groups is 1. The van der Waals surface area contributed by atoms with Crippen molar-refractivity contribution >= 4 is 23.4 Å². The minimum Gasteiger partial charge on any atom is -0.496 e. The van der Waals surface area contributed by atoms with Crippen molar-refractivity contribution in [3.8, 4) is 5.75 Å². The van der Waals surface area contributed by atoms with E-state index in [-0.39, 0.29) is 18.5 Å². The predicted octanol–water partition coefficient (Wildman–Crippen LogP) is 2.64. The third-order valence-electron chi connectivity index (χ3n) is 4.83. The monoisotopic (exact) mass is 377 g/mol. The van der Waals surface area contributed by atoms with Crippen LogP contribution in [0.25, 0.3) is 0 Å². The van der Waals surface area contributed by atoms with Crippen molar-refractivity contribution in [2.45, 2.75) is 39.2 Å². The van der Waals surface area contributed by atoms with Crippen LogP contribution in [0.3, 0.4) is 0 Å². The van der Waals surface area contributed by atoms with Crippen LogP contribution in [0.15, 0.2) is 6.20 Å². The second-order valence-corrected chi connectivity index (χ2v) is 7.20. The first-order chi connectivity index (χ1) is 12.4. The number of aromatic nitrogens is 3. The summed E-state index contributed by atoms with van der Waals surface area (Å²) in [5, 5.41) is 10.0. The number of ether oxygens (including phenoxy) is 1. The molecule has 0 fully saturated rings. The Morgan fingerprint density at radius 2 is 2.15 bits per heavy atom. The first-order valence-corrected chi connectivity index (χ1v) is 8.96. The first-order valence-electron chi connectivity index (χ1n) is 8.58. The molecular weight excluding hydrogens is 354 g/mol. The van der Waals surface area contributed by atoms with Gasteiger partial charge in [0.2, 0.25) is 5.95 Å². The van der Waals surface area contributed by atoms with Gasteiger partial charge < -0.3 is 20.5 Å². The smallest absolute Gasteiger partial charge is 0.223 e. The molecule has 0 amide bonds. The Labute approximate surface area is 158 Å². The molecule has 0 aliphatic carbocycles. The predicted molar refractivity (Wildman–Crippen MR) is 102 cm³/mol. The molecule has 7 nitrogen and oxygen atoms in total. The molecule has 1 unspecified atom stereocenters. The van der Waals surface area contributed by atoms with Crippen molar-refractivity contribution in [1.29, 1.82) is 0 Å². The van der Waals surface area contributed by atoms with Crippen LogP contribution in [-0.4, -0.2) is 40.3 Å². The van der Waals surface area contributed by atoms with Gasteiger partial charge >= 0.3 is 0 Å². The fraction of sp³-hybridized carbons (Fsp3) is 0.500. The van der Waals surface area contributed by atoms with Gasteiger partial charge in [-0.2, -0.15) is 4.98 Å². The Morgan fingerprint density at radius 1 is 1.42 bits per heavy atom. The van der Waals surface area contributed by atoms with Gasteiger partial charge in [-0.25, -0.2) is 4.98 Å². The van der Waals surface area contributed by atoms with Gasteiger partial charge in [-0.05, 0) is 12.8 Å². The zero-order valence-corrected chi connectivity index (χ0v) is 16.2. The van der Waals surface area contributed by atoms with E-state index in [4.69, 9.17) is 22.1 Å². The summed E-state index contributed by atoms with van der Waals surface area (Å²) in [6.45, 7) is 7.31. The third kappa shape index (κ3) is 3.17. The molecule has 0 bridgehead atoms. The number of rotatable bonds is 5. The van der Waals surface area contributed by atoms with Crippen molar-refractivity contribution in [3.05, 3.63) is 33.7 Å². The summed E-state index contributed by atoms with van der Waals surface area (Å²) in [5.74, 6) is 1.82. The number of aliphatic hydroxyl groups excluding tert-OH is 1. The second kappa shape index (κ2) is 7.25. The highest BCUT2D eigenvalue weighted by Gasteiger charge is 2.33. The maximum absolute atomic E-state index is 9.72. The lowest BCUT2D eigenvalue weighted by Gasteiger charge is -2.22. The second-order valence-electron chi connectivity index (χ2n) is 6.84. The Bertz CT molecular complexity index is 828. The number of nitrogens with zero attached hydrogens (tertiary/aromatic N) is 4. The van der Waals surface area contributed by atoms with Gasteiger partial charge in [0.05, 0.1) is 26.0 Å². The van der Waals surface area contributed by atoms with E-state index in [0.29, 0.717) is 30.0 Å². The van der Waals surface area contributed by atoms with Crippen LogP contribution in [0.1, 0.15) is 48.1 Å². The van der Waals surface area contributed by atoms with Gasteiger partial charge in [-0.3, -0.25) is 4.98 Å². The van der Waals surface area contributed by atoms with Crippen LogP contribution in [0, 0.1) is 6.92 Å². The lowest BCUT2D eigenvalue weighted by molar-refractivity contribution is 0.270. The normalized spacial score (nSPS) is 16.3. The Kier molecular flexibility index (Phi) is 5.20. The molecule has 3 rings (SSSR count). The highest BCUT2D eigenvalue weighted by atomic mass is 35.5. The molecule has 1 atom stereocenters. The zero-order valence-electron chi connectivity index (χ0n) is 15.5. The van der Waals surface area contributed by atoms with Gasteiger partial charge in [-0.1, -0.05) is 25.4 Å². The number of halogens is 1. The van der Waals surface area contributed by atoms with Gasteiger partial charge in [0.15, 0.2) is 0 Å². The average molecular weight is 378 g/mol. The number of pyridine rings is 1.